The summed E-state index contributed by atoms with van der Waals surface area (Å²) in [5.41, 5.74) is 3.74. The van der Waals surface area contributed by atoms with Crippen molar-refractivity contribution in [3.05, 3.63) is 66.1 Å². The van der Waals surface area contributed by atoms with E-state index in [9.17, 15) is 4.79 Å². The van der Waals surface area contributed by atoms with Crippen LogP contribution in [0.2, 0.25) is 0 Å². The molecular weight excluding hydrogens is 340 g/mol. The van der Waals surface area contributed by atoms with Gasteiger partial charge in [-0.15, -0.1) is 0 Å². The summed E-state index contributed by atoms with van der Waals surface area (Å²) in [7, 11) is 1.41. The maximum Gasteiger partial charge on any atom is 0.308 e. The van der Waals surface area contributed by atoms with Crippen LogP contribution in [0.15, 0.2) is 54.9 Å². The average molecular weight is 362 g/mol. The maximum absolute atomic E-state index is 11.6. The topological polar surface area (TPSA) is 77.0 Å². The number of nitrogens with zero attached hydrogens (tertiary/aromatic N) is 3. The van der Waals surface area contributed by atoms with E-state index in [0.29, 0.717) is 12.2 Å². The molecule has 0 bridgehead atoms. The molecule has 0 saturated heterocycles. The molecule has 3 aromatic rings. The molecule has 1 N–H and O–H groups in total. The molecule has 6 nitrogen and oxygen atoms in total. The lowest BCUT2D eigenvalue weighted by atomic mass is 10.0. The smallest absolute Gasteiger partial charge is 0.308 e. The van der Waals surface area contributed by atoms with Gasteiger partial charge in [0.05, 0.1) is 13.0 Å². The van der Waals surface area contributed by atoms with Gasteiger partial charge < -0.3 is 10.1 Å². The summed E-state index contributed by atoms with van der Waals surface area (Å²) in [6, 6.07) is 13.6. The molecule has 138 valence electrons. The Kier molecular flexibility index (Phi) is 5.76. The van der Waals surface area contributed by atoms with Crippen molar-refractivity contribution in [1.29, 1.82) is 0 Å². The molecular formula is C21H22N4O2. The van der Waals surface area contributed by atoms with E-state index in [0.717, 1.165) is 28.3 Å². The normalized spacial score (nSPS) is 11.7. The van der Waals surface area contributed by atoms with Gasteiger partial charge in [0.15, 0.2) is 5.82 Å². The number of nitrogens with one attached hydrogen (secondary N) is 1. The molecule has 6 heteroatoms. The molecule has 0 aliphatic heterocycles. The fourth-order valence-electron chi connectivity index (χ4n) is 2.77. The van der Waals surface area contributed by atoms with Gasteiger partial charge in [-0.25, -0.2) is 9.97 Å². The lowest BCUT2D eigenvalue weighted by molar-refractivity contribution is -0.144. The fraction of sp³-hybridized carbons (Fsp3) is 0.238. The van der Waals surface area contributed by atoms with E-state index < -0.39 is 0 Å². The Hall–Kier alpha value is -3.28. The highest BCUT2D eigenvalue weighted by molar-refractivity contribution is 5.72. The Morgan fingerprint density at radius 2 is 1.96 bits per heavy atom. The summed E-state index contributed by atoms with van der Waals surface area (Å²) < 4.78 is 4.78. The van der Waals surface area contributed by atoms with Crippen molar-refractivity contribution in [1.82, 2.24) is 15.0 Å². The molecule has 0 spiro atoms. The molecule has 2 aromatic heterocycles. The molecule has 0 aliphatic rings. The van der Waals surface area contributed by atoms with Crippen molar-refractivity contribution in [2.24, 2.45) is 5.92 Å². The third-order valence-corrected chi connectivity index (χ3v) is 4.15. The first kappa shape index (κ1) is 18.5. The van der Waals surface area contributed by atoms with Crippen molar-refractivity contribution in [2.75, 3.05) is 12.4 Å². The van der Waals surface area contributed by atoms with Crippen molar-refractivity contribution >= 4 is 17.5 Å². The number of hydrogen-bond acceptors (Lipinski definition) is 6. The largest absolute Gasteiger partial charge is 0.469 e. The zero-order chi connectivity index (χ0) is 19.2. The van der Waals surface area contributed by atoms with E-state index in [-0.39, 0.29) is 11.9 Å². The number of aromatic nitrogens is 3. The van der Waals surface area contributed by atoms with E-state index in [1.54, 1.807) is 12.4 Å². The summed E-state index contributed by atoms with van der Waals surface area (Å²) in [6.45, 7) is 3.80. The molecule has 1 aromatic carbocycles. The maximum atomic E-state index is 11.6. The first-order chi connectivity index (χ1) is 13.0. The number of anilines is 2. The molecule has 0 amide bonds. The second-order valence-corrected chi connectivity index (χ2v) is 6.41. The zero-order valence-corrected chi connectivity index (χ0v) is 15.6. The molecule has 0 saturated carbocycles. The number of rotatable bonds is 6. The van der Waals surface area contributed by atoms with Gasteiger partial charge in [0.1, 0.15) is 5.82 Å². The predicted octanol–water partition coefficient (Wildman–Crippen LogP) is 3.94. The van der Waals surface area contributed by atoms with Gasteiger partial charge in [0.2, 0.25) is 0 Å². The summed E-state index contributed by atoms with van der Waals surface area (Å²) in [5.74, 6) is 0.989. The van der Waals surface area contributed by atoms with E-state index in [4.69, 9.17) is 4.74 Å². The van der Waals surface area contributed by atoms with Crippen LogP contribution in [-0.2, 0) is 16.0 Å². The molecule has 0 fully saturated rings. The number of esters is 1. The average Bonchev–Trinajstić information content (AvgIpc) is 2.69. The second kappa shape index (κ2) is 8.40. The first-order valence-electron chi connectivity index (χ1n) is 8.75. The Morgan fingerprint density at radius 3 is 2.63 bits per heavy atom. The highest BCUT2D eigenvalue weighted by Crippen LogP contribution is 2.21. The van der Waals surface area contributed by atoms with Gasteiger partial charge >= 0.3 is 5.97 Å². The first-order valence-corrected chi connectivity index (χ1v) is 8.75. The van der Waals surface area contributed by atoms with Gasteiger partial charge in [-0.1, -0.05) is 19.1 Å². The third-order valence-electron chi connectivity index (χ3n) is 4.15. The number of benzene rings is 1. The van der Waals surface area contributed by atoms with Crippen molar-refractivity contribution < 1.29 is 9.53 Å². The van der Waals surface area contributed by atoms with Crippen molar-refractivity contribution in [2.45, 2.75) is 20.3 Å². The van der Waals surface area contributed by atoms with Crippen LogP contribution in [0.3, 0.4) is 0 Å². The van der Waals surface area contributed by atoms with Gasteiger partial charge in [0.25, 0.3) is 0 Å². The number of methoxy groups -OCH3 is 1. The number of ether oxygens (including phenoxy) is 1. The molecule has 1 unspecified atom stereocenters. The lowest BCUT2D eigenvalue weighted by Crippen LogP contribution is -2.15. The molecule has 0 radical (unpaired) electrons. The fourth-order valence-corrected chi connectivity index (χ4v) is 2.77. The number of pyridine rings is 1. The van der Waals surface area contributed by atoms with Gasteiger partial charge in [0, 0.05) is 35.4 Å². The predicted molar refractivity (Wildman–Crippen MR) is 105 cm³/mol. The van der Waals surface area contributed by atoms with Gasteiger partial charge in [-0.05, 0) is 43.2 Å². The standard InChI is InChI=1S/C21H22N4O2/c1-14(21(26)27-3)11-16-6-8-18(9-7-16)24-19-12-15(2)23-20(25-19)17-5-4-10-22-13-17/h4-10,12-14H,11H2,1-3H3,(H,23,24,25). The summed E-state index contributed by atoms with van der Waals surface area (Å²) in [6.07, 6.45) is 4.11. The Bertz CT molecular complexity index is 911. The highest BCUT2D eigenvalue weighted by Gasteiger charge is 2.13. The summed E-state index contributed by atoms with van der Waals surface area (Å²) >= 11 is 0. The van der Waals surface area contributed by atoms with E-state index >= 15 is 0 Å². The van der Waals surface area contributed by atoms with Crippen LogP contribution in [0.5, 0.6) is 0 Å². The number of carbonyl (C=O) groups is 1. The summed E-state index contributed by atoms with van der Waals surface area (Å²) in [5, 5.41) is 3.31. The van der Waals surface area contributed by atoms with Crippen LogP contribution in [0.25, 0.3) is 11.4 Å². The van der Waals surface area contributed by atoms with Crippen LogP contribution < -0.4 is 5.32 Å². The van der Waals surface area contributed by atoms with E-state index in [1.165, 1.54) is 7.11 Å². The minimum absolute atomic E-state index is 0.166. The van der Waals surface area contributed by atoms with Crippen LogP contribution in [0, 0.1) is 12.8 Å². The number of aryl methyl sites for hydroxylation is 1. The minimum Gasteiger partial charge on any atom is -0.469 e. The number of carbonyl (C=O) groups excluding carboxylic acids is 1. The van der Waals surface area contributed by atoms with E-state index in [2.05, 4.69) is 20.3 Å². The zero-order valence-electron chi connectivity index (χ0n) is 15.6. The molecule has 27 heavy (non-hydrogen) atoms. The second-order valence-electron chi connectivity index (χ2n) is 6.41. The van der Waals surface area contributed by atoms with Crippen LogP contribution in [-0.4, -0.2) is 28.0 Å². The van der Waals surface area contributed by atoms with Crippen LogP contribution in [0.4, 0.5) is 11.5 Å². The molecule has 2 heterocycles. The highest BCUT2D eigenvalue weighted by atomic mass is 16.5. The van der Waals surface area contributed by atoms with Crippen LogP contribution >= 0.6 is 0 Å². The lowest BCUT2D eigenvalue weighted by Gasteiger charge is -2.11. The van der Waals surface area contributed by atoms with Gasteiger partial charge in [-0.3, -0.25) is 9.78 Å². The minimum atomic E-state index is -0.198. The third kappa shape index (κ3) is 4.88. The van der Waals surface area contributed by atoms with Crippen LogP contribution in [0.1, 0.15) is 18.2 Å². The van der Waals surface area contributed by atoms with Gasteiger partial charge in [-0.2, -0.15) is 0 Å². The van der Waals surface area contributed by atoms with E-state index in [1.807, 2.05) is 56.3 Å². The summed E-state index contributed by atoms with van der Waals surface area (Å²) in [4.78, 5) is 24.7. The molecule has 1 atom stereocenters. The monoisotopic (exact) mass is 362 g/mol. The Morgan fingerprint density at radius 1 is 1.19 bits per heavy atom. The molecule has 0 aliphatic carbocycles. The quantitative estimate of drug-likeness (QED) is 0.669. The van der Waals surface area contributed by atoms with Crippen molar-refractivity contribution in [3.8, 4) is 11.4 Å². The van der Waals surface area contributed by atoms with Crippen molar-refractivity contribution in [3.63, 3.8) is 0 Å². The number of hydrogen-bond donors (Lipinski definition) is 1. The molecule has 3 rings (SSSR count). The Balaban J connectivity index is 1.74. The Labute approximate surface area is 158 Å². The SMILES string of the molecule is COC(=O)C(C)Cc1ccc(Nc2cc(C)nc(-c3cccnc3)n2)cc1.